The topological polar surface area (TPSA) is 135 Å². The van der Waals surface area contributed by atoms with Crippen molar-refractivity contribution in [1.82, 2.24) is 21.5 Å². The van der Waals surface area contributed by atoms with Gasteiger partial charge in [0.25, 0.3) is 0 Å². The molecule has 0 spiro atoms. The Labute approximate surface area is 195 Å². The van der Waals surface area contributed by atoms with E-state index in [1.165, 1.54) is 13.2 Å². The first-order valence-electron chi connectivity index (χ1n) is 11.3. The molecule has 2 unspecified atom stereocenters. The number of ether oxygens (including phenoxy) is 2. The molecule has 4 N–H and O–H groups in total. The van der Waals surface area contributed by atoms with Crippen LogP contribution in [0.15, 0.2) is 23.1 Å². The molecule has 0 aromatic heterocycles. The number of carbonyl (C=O) groups is 2. The molecule has 10 nitrogen and oxygen atoms in total. The number of hydrogen-bond acceptors (Lipinski definition) is 8. The second-order valence-electron chi connectivity index (χ2n) is 8.70. The molecule has 11 heteroatoms. The summed E-state index contributed by atoms with van der Waals surface area (Å²) in [5, 5.41) is 5.65. The number of nitrogens with one attached hydrogen (secondary N) is 4. The molecule has 1 aromatic rings. The van der Waals surface area contributed by atoms with Crippen LogP contribution in [0.3, 0.4) is 0 Å². The maximum absolute atomic E-state index is 12.7. The smallest absolute Gasteiger partial charge is 0.407 e. The molecule has 2 amide bonds. The number of hydrazine groups is 1. The van der Waals surface area contributed by atoms with Crippen molar-refractivity contribution in [2.75, 3.05) is 19.9 Å². The highest BCUT2D eigenvalue weighted by Gasteiger charge is 2.37. The molecular formula is C22H34N4O6S. The fourth-order valence-corrected chi connectivity index (χ4v) is 5.37. The molecule has 184 valence electrons. The maximum Gasteiger partial charge on any atom is 0.407 e. The molecule has 0 radical (unpaired) electrons. The van der Waals surface area contributed by atoms with Gasteiger partial charge < -0.3 is 20.1 Å². The van der Waals surface area contributed by atoms with E-state index in [0.29, 0.717) is 30.2 Å². The molecule has 1 aliphatic carbocycles. The number of rotatable bonds is 9. The number of carbonyl (C=O) groups excluding carboxylic acids is 2. The molecule has 2 aliphatic rings. The van der Waals surface area contributed by atoms with Gasteiger partial charge in [0.2, 0.25) is 5.91 Å². The summed E-state index contributed by atoms with van der Waals surface area (Å²) >= 11 is 0. The number of amides is 2. The fraction of sp³-hybridized carbons (Fsp3) is 0.636. The molecule has 1 aliphatic heterocycles. The van der Waals surface area contributed by atoms with Crippen LogP contribution in [0.2, 0.25) is 0 Å². The van der Waals surface area contributed by atoms with E-state index in [2.05, 4.69) is 21.5 Å². The number of benzene rings is 1. The average molecular weight is 483 g/mol. The minimum Gasteiger partial charge on any atom is -0.497 e. The predicted octanol–water partition coefficient (Wildman–Crippen LogP) is 1.25. The van der Waals surface area contributed by atoms with Crippen LogP contribution in [0, 0.1) is 5.92 Å². The van der Waals surface area contributed by atoms with Crippen molar-refractivity contribution in [2.45, 2.75) is 68.7 Å². The minimum atomic E-state index is -3.47. The van der Waals surface area contributed by atoms with E-state index >= 15 is 0 Å². The van der Waals surface area contributed by atoms with Gasteiger partial charge in [-0.05, 0) is 61.8 Å². The molecule has 1 saturated carbocycles. The van der Waals surface area contributed by atoms with Gasteiger partial charge in [-0.15, -0.1) is 0 Å². The van der Waals surface area contributed by atoms with Gasteiger partial charge in [-0.1, -0.05) is 6.92 Å². The normalized spacial score (nSPS) is 24.9. The van der Waals surface area contributed by atoms with Crippen LogP contribution in [0.1, 0.15) is 44.6 Å². The molecule has 1 saturated heterocycles. The molecule has 2 fully saturated rings. The summed E-state index contributed by atoms with van der Waals surface area (Å²) in [6.07, 6.45) is 4.40. The SMILES string of the molecule is CCCNC(=O)O[C@@H]1CC[C@H](C2CC(NC(=O)Cc3cc(OC)ccc3S(C)(=O)=O)NN2)C1. The number of sulfone groups is 1. The standard InChI is InChI=1S/C22H34N4O6S/c1-4-9-23-22(28)32-17-6-5-14(10-17)18-13-20(26-25-18)24-21(27)12-15-11-16(31-2)7-8-19(15)33(3,29)30/h7-8,11,14,17-18,20,25-26H,4-6,9-10,12-13H2,1-3H3,(H,23,28)(H,24,27)/t14-,17+,18?,20?/m0/s1. The molecule has 4 atom stereocenters. The van der Waals surface area contributed by atoms with Crippen LogP contribution in [0.25, 0.3) is 0 Å². The molecule has 33 heavy (non-hydrogen) atoms. The van der Waals surface area contributed by atoms with Gasteiger partial charge in [-0.3, -0.25) is 10.2 Å². The molecular weight excluding hydrogens is 448 g/mol. The highest BCUT2D eigenvalue weighted by atomic mass is 32.2. The Bertz CT molecular complexity index is 954. The van der Waals surface area contributed by atoms with Gasteiger partial charge in [-0.25, -0.2) is 18.6 Å². The molecule has 1 aromatic carbocycles. The van der Waals surface area contributed by atoms with Crippen molar-refractivity contribution in [3.8, 4) is 5.75 Å². The largest absolute Gasteiger partial charge is 0.497 e. The van der Waals surface area contributed by atoms with E-state index in [0.717, 1.165) is 31.9 Å². The Morgan fingerprint density at radius 1 is 1.18 bits per heavy atom. The van der Waals surface area contributed by atoms with Crippen molar-refractivity contribution in [3.63, 3.8) is 0 Å². The Kier molecular flexibility index (Phi) is 8.55. The number of methoxy groups -OCH3 is 1. The summed E-state index contributed by atoms with van der Waals surface area (Å²) in [5.74, 6) is 0.541. The maximum atomic E-state index is 12.7. The lowest BCUT2D eigenvalue weighted by molar-refractivity contribution is -0.121. The van der Waals surface area contributed by atoms with E-state index in [1.54, 1.807) is 12.1 Å². The second-order valence-corrected chi connectivity index (χ2v) is 10.7. The van der Waals surface area contributed by atoms with Crippen molar-refractivity contribution < 1.29 is 27.5 Å². The summed E-state index contributed by atoms with van der Waals surface area (Å²) in [7, 11) is -1.98. The fourth-order valence-electron chi connectivity index (χ4n) is 4.45. The van der Waals surface area contributed by atoms with E-state index in [1.807, 2.05) is 6.92 Å². The van der Waals surface area contributed by atoms with Crippen LogP contribution in [-0.2, 0) is 25.8 Å². The third-order valence-corrected chi connectivity index (χ3v) is 7.27. The van der Waals surface area contributed by atoms with Gasteiger partial charge in [0, 0.05) is 18.8 Å². The quantitative estimate of drug-likeness (QED) is 0.413. The summed E-state index contributed by atoms with van der Waals surface area (Å²) in [5.41, 5.74) is 6.75. The highest BCUT2D eigenvalue weighted by molar-refractivity contribution is 7.90. The zero-order valence-electron chi connectivity index (χ0n) is 19.3. The van der Waals surface area contributed by atoms with Crippen molar-refractivity contribution in [2.24, 2.45) is 5.92 Å². The Morgan fingerprint density at radius 3 is 2.67 bits per heavy atom. The van der Waals surface area contributed by atoms with Crippen LogP contribution in [0.5, 0.6) is 5.75 Å². The van der Waals surface area contributed by atoms with E-state index in [4.69, 9.17) is 9.47 Å². The number of hydrogen-bond donors (Lipinski definition) is 4. The summed E-state index contributed by atoms with van der Waals surface area (Å²) in [4.78, 5) is 24.6. The monoisotopic (exact) mass is 482 g/mol. The first-order valence-corrected chi connectivity index (χ1v) is 13.2. The molecule has 0 bridgehead atoms. The summed E-state index contributed by atoms with van der Waals surface area (Å²) in [6.45, 7) is 2.59. The lowest BCUT2D eigenvalue weighted by Crippen LogP contribution is -2.45. The van der Waals surface area contributed by atoms with Gasteiger partial charge in [0.15, 0.2) is 9.84 Å². The first-order chi connectivity index (χ1) is 15.7. The third-order valence-electron chi connectivity index (χ3n) is 6.07. The van der Waals surface area contributed by atoms with Gasteiger partial charge >= 0.3 is 6.09 Å². The highest BCUT2D eigenvalue weighted by Crippen LogP contribution is 2.33. The third kappa shape index (κ3) is 7.05. The predicted molar refractivity (Wildman–Crippen MR) is 122 cm³/mol. The van der Waals surface area contributed by atoms with Gasteiger partial charge in [0.1, 0.15) is 11.9 Å². The zero-order chi connectivity index (χ0) is 24.0. The second kappa shape index (κ2) is 11.2. The van der Waals surface area contributed by atoms with Crippen molar-refractivity contribution in [1.29, 1.82) is 0 Å². The van der Waals surface area contributed by atoms with Crippen LogP contribution >= 0.6 is 0 Å². The van der Waals surface area contributed by atoms with E-state index in [-0.39, 0.29) is 41.6 Å². The summed E-state index contributed by atoms with van der Waals surface area (Å²) in [6, 6.07) is 4.75. The molecule has 3 rings (SSSR count). The Morgan fingerprint density at radius 2 is 1.97 bits per heavy atom. The van der Waals surface area contributed by atoms with E-state index < -0.39 is 9.84 Å². The van der Waals surface area contributed by atoms with Crippen LogP contribution < -0.4 is 26.2 Å². The Balaban J connectivity index is 1.50. The van der Waals surface area contributed by atoms with Gasteiger partial charge in [-0.2, -0.15) is 0 Å². The van der Waals surface area contributed by atoms with Crippen molar-refractivity contribution in [3.05, 3.63) is 23.8 Å². The van der Waals surface area contributed by atoms with Crippen LogP contribution in [0.4, 0.5) is 4.79 Å². The Hall–Kier alpha value is -2.37. The zero-order valence-corrected chi connectivity index (χ0v) is 20.2. The van der Waals surface area contributed by atoms with E-state index in [9.17, 15) is 18.0 Å². The first kappa shape index (κ1) is 25.3. The van der Waals surface area contributed by atoms with Crippen molar-refractivity contribution >= 4 is 21.8 Å². The summed E-state index contributed by atoms with van der Waals surface area (Å²) < 4.78 is 34.8. The van der Waals surface area contributed by atoms with Gasteiger partial charge in [0.05, 0.1) is 24.6 Å². The minimum absolute atomic E-state index is 0.0747. The number of alkyl carbamates (subject to hydrolysis) is 1. The lowest BCUT2D eigenvalue weighted by atomic mass is 9.96. The van der Waals surface area contributed by atoms with Crippen LogP contribution in [-0.4, -0.2) is 58.6 Å². The molecule has 1 heterocycles. The average Bonchev–Trinajstić information content (AvgIpc) is 3.40. The lowest BCUT2D eigenvalue weighted by Gasteiger charge is -2.18.